The van der Waals surface area contributed by atoms with E-state index in [-0.39, 0.29) is 6.04 Å². The molecule has 0 aliphatic rings. The SMILES string of the molecule is CCCNC(C)c1c(OC)cccc1Sc1nc(C)cs1. The van der Waals surface area contributed by atoms with Crippen molar-refractivity contribution in [2.45, 2.75) is 42.5 Å². The second-order valence-corrected chi connectivity index (χ2v) is 7.05. The van der Waals surface area contributed by atoms with Gasteiger partial charge in [-0.25, -0.2) is 4.98 Å². The van der Waals surface area contributed by atoms with E-state index in [9.17, 15) is 0 Å². The molecule has 0 spiro atoms. The van der Waals surface area contributed by atoms with Crippen LogP contribution in [0.3, 0.4) is 0 Å². The molecule has 114 valence electrons. The van der Waals surface area contributed by atoms with Crippen molar-refractivity contribution in [2.24, 2.45) is 0 Å². The lowest BCUT2D eigenvalue weighted by molar-refractivity contribution is 0.399. The smallest absolute Gasteiger partial charge is 0.154 e. The second kappa shape index (κ2) is 7.82. The van der Waals surface area contributed by atoms with Gasteiger partial charge in [-0.1, -0.05) is 24.8 Å². The molecule has 0 bridgehead atoms. The summed E-state index contributed by atoms with van der Waals surface area (Å²) in [5.74, 6) is 0.935. The van der Waals surface area contributed by atoms with Crippen LogP contribution in [0.15, 0.2) is 32.8 Å². The van der Waals surface area contributed by atoms with Crippen LogP contribution in [0.4, 0.5) is 0 Å². The van der Waals surface area contributed by atoms with Gasteiger partial charge in [0.05, 0.1) is 7.11 Å². The summed E-state index contributed by atoms with van der Waals surface area (Å²) in [6.07, 6.45) is 1.12. The fraction of sp³-hybridized carbons (Fsp3) is 0.438. The van der Waals surface area contributed by atoms with Crippen molar-refractivity contribution >= 4 is 23.1 Å². The summed E-state index contributed by atoms with van der Waals surface area (Å²) < 4.78 is 6.63. The largest absolute Gasteiger partial charge is 0.496 e. The van der Waals surface area contributed by atoms with E-state index in [2.05, 4.69) is 35.6 Å². The van der Waals surface area contributed by atoms with E-state index in [1.54, 1.807) is 30.2 Å². The summed E-state index contributed by atoms with van der Waals surface area (Å²) in [7, 11) is 1.73. The Morgan fingerprint density at radius 2 is 2.24 bits per heavy atom. The molecule has 3 nitrogen and oxygen atoms in total. The van der Waals surface area contributed by atoms with Gasteiger partial charge in [-0.2, -0.15) is 0 Å². The molecule has 0 saturated heterocycles. The minimum atomic E-state index is 0.254. The Kier molecular flexibility index (Phi) is 6.08. The zero-order valence-corrected chi connectivity index (χ0v) is 14.6. The maximum absolute atomic E-state index is 5.56. The number of hydrogen-bond donors (Lipinski definition) is 1. The van der Waals surface area contributed by atoms with E-state index in [1.165, 1.54) is 10.5 Å². The van der Waals surface area contributed by atoms with Gasteiger partial charge in [-0.3, -0.25) is 0 Å². The molecule has 21 heavy (non-hydrogen) atoms. The molecule has 0 amide bonds. The zero-order chi connectivity index (χ0) is 15.2. The van der Waals surface area contributed by atoms with Crippen LogP contribution in [0, 0.1) is 6.92 Å². The third kappa shape index (κ3) is 4.22. The summed E-state index contributed by atoms with van der Waals surface area (Å²) in [6.45, 7) is 7.39. The maximum Gasteiger partial charge on any atom is 0.154 e. The van der Waals surface area contributed by atoms with E-state index >= 15 is 0 Å². The molecule has 0 aliphatic heterocycles. The average Bonchev–Trinajstić information content (AvgIpc) is 2.89. The number of thiazole rings is 1. The highest BCUT2D eigenvalue weighted by atomic mass is 32.2. The predicted octanol–water partition coefficient (Wildman–Crippen LogP) is 4.67. The van der Waals surface area contributed by atoms with E-state index < -0.39 is 0 Å². The van der Waals surface area contributed by atoms with Crippen LogP contribution in [0.2, 0.25) is 0 Å². The van der Waals surface area contributed by atoms with Crippen molar-refractivity contribution in [2.75, 3.05) is 13.7 Å². The van der Waals surface area contributed by atoms with Crippen LogP contribution < -0.4 is 10.1 Å². The third-order valence-electron chi connectivity index (χ3n) is 3.17. The predicted molar refractivity (Wildman–Crippen MR) is 90.7 cm³/mol. The molecule has 0 fully saturated rings. The molecule has 1 atom stereocenters. The van der Waals surface area contributed by atoms with E-state index in [0.29, 0.717) is 0 Å². The lowest BCUT2D eigenvalue weighted by atomic mass is 10.1. The van der Waals surface area contributed by atoms with Crippen LogP contribution in [0.1, 0.15) is 37.6 Å². The number of benzene rings is 1. The molecule has 1 aromatic heterocycles. The Labute approximate surface area is 135 Å². The Morgan fingerprint density at radius 1 is 1.43 bits per heavy atom. The quantitative estimate of drug-likeness (QED) is 0.803. The van der Waals surface area contributed by atoms with E-state index in [1.807, 2.05) is 19.1 Å². The molecule has 0 aliphatic carbocycles. The Hall–Kier alpha value is -1.04. The molecule has 2 aromatic rings. The first kappa shape index (κ1) is 16.3. The molecule has 2 rings (SSSR count). The minimum Gasteiger partial charge on any atom is -0.496 e. The summed E-state index contributed by atoms with van der Waals surface area (Å²) in [6, 6.07) is 6.46. The van der Waals surface area contributed by atoms with Crippen molar-refractivity contribution in [3.05, 3.63) is 34.8 Å². The fourth-order valence-electron chi connectivity index (χ4n) is 2.15. The van der Waals surface area contributed by atoms with Gasteiger partial charge in [0.25, 0.3) is 0 Å². The summed E-state index contributed by atoms with van der Waals surface area (Å²) >= 11 is 3.40. The van der Waals surface area contributed by atoms with Gasteiger partial charge < -0.3 is 10.1 Å². The highest BCUT2D eigenvalue weighted by Crippen LogP contribution is 2.39. The van der Waals surface area contributed by atoms with E-state index in [4.69, 9.17) is 4.74 Å². The standard InChI is InChI=1S/C16H22N2OS2/c1-5-9-17-12(3)15-13(19-4)7-6-8-14(15)21-16-18-11(2)10-20-16/h6-8,10,12,17H,5,9H2,1-4H3. The van der Waals surface area contributed by atoms with Crippen molar-refractivity contribution in [3.63, 3.8) is 0 Å². The molecular weight excluding hydrogens is 300 g/mol. The van der Waals surface area contributed by atoms with E-state index in [0.717, 1.165) is 28.7 Å². The Bertz CT molecular complexity index is 583. The van der Waals surface area contributed by atoms with Gasteiger partial charge in [-0.05, 0) is 38.9 Å². The topological polar surface area (TPSA) is 34.1 Å². The normalized spacial score (nSPS) is 12.4. The second-order valence-electron chi connectivity index (χ2n) is 4.90. The van der Waals surface area contributed by atoms with Gasteiger partial charge >= 0.3 is 0 Å². The van der Waals surface area contributed by atoms with Crippen molar-refractivity contribution in [1.82, 2.24) is 10.3 Å². The zero-order valence-electron chi connectivity index (χ0n) is 13.0. The number of methoxy groups -OCH3 is 1. The number of ether oxygens (including phenoxy) is 1. The lowest BCUT2D eigenvalue weighted by Crippen LogP contribution is -2.20. The van der Waals surface area contributed by atoms with Gasteiger partial charge in [0.1, 0.15) is 5.75 Å². The fourth-order valence-corrected chi connectivity index (χ4v) is 4.19. The molecule has 1 unspecified atom stereocenters. The highest BCUT2D eigenvalue weighted by Gasteiger charge is 2.17. The van der Waals surface area contributed by atoms with Gasteiger partial charge in [0.2, 0.25) is 0 Å². The van der Waals surface area contributed by atoms with Crippen LogP contribution in [0.5, 0.6) is 5.75 Å². The monoisotopic (exact) mass is 322 g/mol. The molecule has 0 radical (unpaired) electrons. The minimum absolute atomic E-state index is 0.254. The summed E-state index contributed by atoms with van der Waals surface area (Å²) in [4.78, 5) is 5.75. The molecule has 1 N–H and O–H groups in total. The Morgan fingerprint density at radius 3 is 2.86 bits per heavy atom. The third-order valence-corrected chi connectivity index (χ3v) is 5.31. The molecule has 1 aromatic carbocycles. The first-order chi connectivity index (χ1) is 10.2. The van der Waals surface area contributed by atoms with Gasteiger partial charge in [0, 0.05) is 27.6 Å². The van der Waals surface area contributed by atoms with Crippen molar-refractivity contribution in [3.8, 4) is 5.75 Å². The average molecular weight is 322 g/mol. The molecule has 5 heteroatoms. The lowest BCUT2D eigenvalue weighted by Gasteiger charge is -2.20. The van der Waals surface area contributed by atoms with Gasteiger partial charge in [0.15, 0.2) is 4.34 Å². The van der Waals surface area contributed by atoms with Crippen molar-refractivity contribution in [1.29, 1.82) is 0 Å². The number of hydrogen-bond acceptors (Lipinski definition) is 5. The first-order valence-electron chi connectivity index (χ1n) is 7.16. The Balaban J connectivity index is 2.30. The first-order valence-corrected chi connectivity index (χ1v) is 8.85. The number of rotatable bonds is 7. The van der Waals surface area contributed by atoms with Gasteiger partial charge in [-0.15, -0.1) is 11.3 Å². The van der Waals surface area contributed by atoms with Crippen LogP contribution in [-0.2, 0) is 0 Å². The molecular formula is C16H22N2OS2. The van der Waals surface area contributed by atoms with Crippen molar-refractivity contribution < 1.29 is 4.74 Å². The number of aromatic nitrogens is 1. The maximum atomic E-state index is 5.56. The highest BCUT2D eigenvalue weighted by molar-refractivity contribution is 8.01. The van der Waals surface area contributed by atoms with Crippen LogP contribution >= 0.6 is 23.1 Å². The molecule has 0 saturated carbocycles. The van der Waals surface area contributed by atoms with Crippen LogP contribution in [-0.4, -0.2) is 18.6 Å². The summed E-state index contributed by atoms with van der Waals surface area (Å²) in [5.41, 5.74) is 2.29. The molecule has 1 heterocycles. The number of nitrogens with one attached hydrogen (secondary N) is 1. The number of aryl methyl sites for hydroxylation is 1. The summed E-state index contributed by atoms with van der Waals surface area (Å²) in [5, 5.41) is 5.63. The number of nitrogens with zero attached hydrogens (tertiary/aromatic N) is 1. The van der Waals surface area contributed by atoms with Crippen LogP contribution in [0.25, 0.3) is 0 Å².